The molecule has 1 N–H and O–H groups in total. The quantitative estimate of drug-likeness (QED) is 0.656. The van der Waals surface area contributed by atoms with Crippen molar-refractivity contribution in [2.75, 3.05) is 54.1 Å². The number of ether oxygens (including phenoxy) is 2. The summed E-state index contributed by atoms with van der Waals surface area (Å²) in [7, 11) is 1.52. The molecule has 0 radical (unpaired) electrons. The fourth-order valence-corrected chi connectivity index (χ4v) is 5.77. The summed E-state index contributed by atoms with van der Waals surface area (Å²) in [5.41, 5.74) is 0.270. The maximum atomic E-state index is 13.1. The molecule has 10 heteroatoms. The van der Waals surface area contributed by atoms with Crippen molar-refractivity contribution in [3.8, 4) is 5.75 Å². The zero-order valence-corrected chi connectivity index (χ0v) is 19.0. The third kappa shape index (κ3) is 5.01. The number of methoxy groups -OCH3 is 1. The Morgan fingerprint density at radius 3 is 2.63 bits per heavy atom. The second-order valence-corrected chi connectivity index (χ2v) is 9.97. The molecule has 0 aliphatic carbocycles. The van der Waals surface area contributed by atoms with Crippen LogP contribution in [0.15, 0.2) is 40.6 Å². The van der Waals surface area contributed by atoms with Crippen molar-refractivity contribution < 1.29 is 22.7 Å². The standard InChI is InChI=1S/C20H27N3O5S2/c1-22(2)16(18-5-4-12-29-18)14-21-20(24)15-6-7-17(27-3)19(13-15)30(25,26)23-8-10-28-11-9-23/h4-7,12-13,16H,8-11,14H2,1-3H3,(H,21,24)/t16-/m0/s1. The van der Waals surface area contributed by atoms with Gasteiger partial charge in [0.1, 0.15) is 10.6 Å². The van der Waals surface area contributed by atoms with Crippen LogP contribution in [0.1, 0.15) is 21.3 Å². The molecule has 1 amide bonds. The minimum Gasteiger partial charge on any atom is -0.495 e. The van der Waals surface area contributed by atoms with Crippen molar-refractivity contribution in [2.24, 2.45) is 0 Å². The average Bonchev–Trinajstić information content (AvgIpc) is 3.28. The van der Waals surface area contributed by atoms with Crippen LogP contribution in [0.4, 0.5) is 0 Å². The van der Waals surface area contributed by atoms with Crippen molar-refractivity contribution in [3.63, 3.8) is 0 Å². The lowest BCUT2D eigenvalue weighted by Crippen LogP contribution is -2.40. The van der Waals surface area contributed by atoms with Gasteiger partial charge in [0, 0.05) is 30.1 Å². The molecule has 164 valence electrons. The molecule has 1 aliphatic heterocycles. The maximum absolute atomic E-state index is 13.1. The number of nitrogens with one attached hydrogen (secondary N) is 1. The average molecular weight is 454 g/mol. The van der Waals surface area contributed by atoms with Gasteiger partial charge in [-0.2, -0.15) is 4.31 Å². The Bertz CT molecular complexity index is 955. The monoisotopic (exact) mass is 453 g/mol. The van der Waals surface area contributed by atoms with Crippen LogP contribution in [0.2, 0.25) is 0 Å². The van der Waals surface area contributed by atoms with Crippen molar-refractivity contribution >= 4 is 27.3 Å². The summed E-state index contributed by atoms with van der Waals surface area (Å²) < 4.78 is 38.1. The number of hydrogen-bond acceptors (Lipinski definition) is 7. The Labute approximate surface area is 181 Å². The van der Waals surface area contributed by atoms with Crippen molar-refractivity contribution in [1.29, 1.82) is 0 Å². The summed E-state index contributed by atoms with van der Waals surface area (Å²) in [6, 6.07) is 8.51. The lowest BCUT2D eigenvalue weighted by Gasteiger charge is -2.27. The number of likely N-dealkylation sites (N-methyl/N-ethyl adjacent to an activating group) is 1. The Balaban J connectivity index is 1.80. The van der Waals surface area contributed by atoms with E-state index in [2.05, 4.69) is 5.32 Å². The van der Waals surface area contributed by atoms with E-state index < -0.39 is 10.0 Å². The molecule has 1 aromatic carbocycles. The summed E-state index contributed by atoms with van der Waals surface area (Å²) >= 11 is 1.63. The number of carbonyl (C=O) groups excluding carboxylic acids is 1. The number of rotatable bonds is 8. The molecule has 1 aliphatic rings. The van der Waals surface area contributed by atoms with Crippen molar-refractivity contribution in [2.45, 2.75) is 10.9 Å². The number of thiophene rings is 1. The van der Waals surface area contributed by atoms with Crippen LogP contribution in [0.25, 0.3) is 0 Å². The second kappa shape index (κ2) is 9.88. The van der Waals surface area contributed by atoms with E-state index in [9.17, 15) is 13.2 Å². The number of amides is 1. The molecule has 8 nitrogen and oxygen atoms in total. The molecule has 1 saturated heterocycles. The number of carbonyl (C=O) groups is 1. The third-order valence-electron chi connectivity index (χ3n) is 4.96. The predicted octanol–water partition coefficient (Wildman–Crippen LogP) is 1.81. The largest absolute Gasteiger partial charge is 0.495 e. The molecule has 30 heavy (non-hydrogen) atoms. The van der Waals surface area contributed by atoms with Gasteiger partial charge in [-0.1, -0.05) is 6.07 Å². The molecule has 1 aromatic heterocycles. The van der Waals surface area contributed by atoms with Gasteiger partial charge in [-0.3, -0.25) is 4.79 Å². The summed E-state index contributed by atoms with van der Waals surface area (Å²) in [5, 5.41) is 4.92. The van der Waals surface area contributed by atoms with Crippen LogP contribution in [-0.4, -0.2) is 77.6 Å². The first-order valence-corrected chi connectivity index (χ1v) is 11.9. The summed E-state index contributed by atoms with van der Waals surface area (Å²) in [4.78, 5) is 16.0. The molecule has 0 saturated carbocycles. The molecular formula is C20H27N3O5S2. The van der Waals surface area contributed by atoms with Gasteiger partial charge in [-0.15, -0.1) is 11.3 Å². The van der Waals surface area contributed by atoms with Crippen LogP contribution in [0.3, 0.4) is 0 Å². The zero-order chi connectivity index (χ0) is 21.7. The molecule has 1 atom stereocenters. The van der Waals surface area contributed by atoms with Crippen LogP contribution in [0.5, 0.6) is 5.75 Å². The maximum Gasteiger partial charge on any atom is 0.251 e. The minimum atomic E-state index is -3.80. The Hall–Kier alpha value is -1.98. The van der Waals surface area contributed by atoms with E-state index in [0.717, 1.165) is 4.88 Å². The van der Waals surface area contributed by atoms with Gasteiger partial charge in [-0.25, -0.2) is 8.42 Å². The SMILES string of the molecule is COc1ccc(C(=O)NC[C@@H](c2cccs2)N(C)C)cc1S(=O)(=O)N1CCOCC1. The number of morpholine rings is 1. The van der Waals surface area contributed by atoms with Gasteiger partial charge in [0.25, 0.3) is 5.91 Å². The Morgan fingerprint density at radius 2 is 2.03 bits per heavy atom. The molecule has 0 unspecified atom stereocenters. The van der Waals surface area contributed by atoms with E-state index in [1.807, 2.05) is 36.5 Å². The second-order valence-electron chi connectivity index (χ2n) is 7.09. The third-order valence-corrected chi connectivity index (χ3v) is 7.86. The Kier molecular flexibility index (Phi) is 7.48. The van der Waals surface area contributed by atoms with E-state index in [4.69, 9.17) is 9.47 Å². The van der Waals surface area contributed by atoms with E-state index in [1.54, 1.807) is 17.4 Å². The molecule has 1 fully saturated rings. The van der Waals surface area contributed by atoms with Gasteiger partial charge in [0.15, 0.2) is 0 Å². The normalized spacial score (nSPS) is 16.4. The lowest BCUT2D eigenvalue weighted by atomic mass is 10.2. The summed E-state index contributed by atoms with van der Waals surface area (Å²) in [5.74, 6) is -0.123. The number of benzene rings is 1. The number of nitrogens with zero attached hydrogens (tertiary/aromatic N) is 2. The van der Waals surface area contributed by atoms with E-state index in [1.165, 1.54) is 23.5 Å². The minimum absolute atomic E-state index is 0.0121. The van der Waals surface area contributed by atoms with Gasteiger partial charge in [0.2, 0.25) is 10.0 Å². The zero-order valence-electron chi connectivity index (χ0n) is 17.3. The summed E-state index contributed by atoms with van der Waals surface area (Å²) in [6.07, 6.45) is 0. The highest BCUT2D eigenvalue weighted by molar-refractivity contribution is 7.89. The van der Waals surface area contributed by atoms with E-state index in [0.29, 0.717) is 19.8 Å². The fourth-order valence-electron chi connectivity index (χ4n) is 3.26. The van der Waals surface area contributed by atoms with Gasteiger partial charge in [0.05, 0.1) is 26.4 Å². The predicted molar refractivity (Wildman–Crippen MR) is 116 cm³/mol. The van der Waals surface area contributed by atoms with E-state index in [-0.39, 0.29) is 41.2 Å². The highest BCUT2D eigenvalue weighted by Crippen LogP contribution is 2.29. The number of sulfonamides is 1. The molecule has 0 spiro atoms. The van der Waals surface area contributed by atoms with Crippen molar-refractivity contribution in [3.05, 3.63) is 46.2 Å². The molecule has 3 rings (SSSR count). The van der Waals surface area contributed by atoms with Crippen molar-refractivity contribution in [1.82, 2.24) is 14.5 Å². The first-order chi connectivity index (χ1) is 14.3. The highest BCUT2D eigenvalue weighted by atomic mass is 32.2. The molecule has 2 heterocycles. The number of hydrogen-bond donors (Lipinski definition) is 1. The molecule has 2 aromatic rings. The smallest absolute Gasteiger partial charge is 0.251 e. The van der Waals surface area contributed by atoms with Gasteiger partial charge >= 0.3 is 0 Å². The molecule has 0 bridgehead atoms. The van der Waals surface area contributed by atoms with Crippen LogP contribution < -0.4 is 10.1 Å². The Morgan fingerprint density at radius 1 is 1.30 bits per heavy atom. The first kappa shape index (κ1) is 22.7. The van der Waals surface area contributed by atoms with Gasteiger partial charge in [-0.05, 0) is 43.7 Å². The fraction of sp³-hybridized carbons (Fsp3) is 0.450. The van der Waals surface area contributed by atoms with Crippen LogP contribution in [0, 0.1) is 0 Å². The first-order valence-electron chi connectivity index (χ1n) is 9.58. The topological polar surface area (TPSA) is 88.2 Å². The van der Waals surface area contributed by atoms with Crippen LogP contribution in [-0.2, 0) is 14.8 Å². The summed E-state index contributed by atoms with van der Waals surface area (Å²) in [6.45, 7) is 1.64. The van der Waals surface area contributed by atoms with Gasteiger partial charge < -0.3 is 19.7 Å². The van der Waals surface area contributed by atoms with E-state index >= 15 is 0 Å². The molecular weight excluding hydrogens is 426 g/mol. The lowest BCUT2D eigenvalue weighted by molar-refractivity contribution is 0.0729. The highest BCUT2D eigenvalue weighted by Gasteiger charge is 2.30. The van der Waals surface area contributed by atoms with Crippen LogP contribution >= 0.6 is 11.3 Å².